The second-order valence-electron chi connectivity index (χ2n) is 5.58. The van der Waals surface area contributed by atoms with E-state index >= 15 is 0 Å². The van der Waals surface area contributed by atoms with Gasteiger partial charge in [-0.25, -0.2) is 0 Å². The van der Waals surface area contributed by atoms with Crippen molar-refractivity contribution >= 4 is 28.7 Å². The summed E-state index contributed by atoms with van der Waals surface area (Å²) in [5, 5.41) is 11.3. The van der Waals surface area contributed by atoms with Gasteiger partial charge in [-0.05, 0) is 23.1 Å². The van der Waals surface area contributed by atoms with E-state index in [1.54, 1.807) is 12.3 Å². The molecule has 0 saturated heterocycles. The molecule has 0 aliphatic rings. The molecule has 0 spiro atoms. The number of hydrogen-bond donors (Lipinski definition) is 2. The first-order chi connectivity index (χ1) is 9.39. The SMILES string of the molecule is CC(C)(C)c1ccccc1Nc1nnccc1C(N)=S. The highest BCUT2D eigenvalue weighted by Gasteiger charge is 2.18. The Morgan fingerprint density at radius 3 is 2.55 bits per heavy atom. The maximum atomic E-state index is 5.72. The summed E-state index contributed by atoms with van der Waals surface area (Å²) in [6.45, 7) is 6.50. The fourth-order valence-electron chi connectivity index (χ4n) is 2.00. The monoisotopic (exact) mass is 286 g/mol. The van der Waals surface area contributed by atoms with Gasteiger partial charge in [-0.15, -0.1) is 5.10 Å². The van der Waals surface area contributed by atoms with Crippen LogP contribution in [0.4, 0.5) is 11.5 Å². The summed E-state index contributed by atoms with van der Waals surface area (Å²) in [7, 11) is 0. The summed E-state index contributed by atoms with van der Waals surface area (Å²) >= 11 is 5.04. The molecule has 1 aromatic heterocycles. The third-order valence-corrected chi connectivity index (χ3v) is 3.19. The Morgan fingerprint density at radius 1 is 1.20 bits per heavy atom. The summed E-state index contributed by atoms with van der Waals surface area (Å²) in [6.07, 6.45) is 1.58. The summed E-state index contributed by atoms with van der Waals surface area (Å²) in [6, 6.07) is 9.88. The van der Waals surface area contributed by atoms with Crippen molar-refractivity contribution in [2.45, 2.75) is 26.2 Å². The Labute approximate surface area is 124 Å². The standard InChI is InChI=1S/C15H18N4S/c1-15(2,3)11-6-4-5-7-12(11)18-14-10(13(16)20)8-9-17-19-14/h4-9H,1-3H3,(H2,16,20)(H,18,19). The zero-order chi connectivity index (χ0) is 14.8. The van der Waals surface area contributed by atoms with E-state index in [4.69, 9.17) is 18.0 Å². The van der Waals surface area contributed by atoms with E-state index in [9.17, 15) is 0 Å². The average molecular weight is 286 g/mol. The van der Waals surface area contributed by atoms with Crippen molar-refractivity contribution in [3.63, 3.8) is 0 Å². The summed E-state index contributed by atoms with van der Waals surface area (Å²) in [5.74, 6) is 0.580. The van der Waals surface area contributed by atoms with Gasteiger partial charge in [-0.1, -0.05) is 51.2 Å². The molecule has 0 fully saturated rings. The minimum atomic E-state index is 0.0230. The van der Waals surface area contributed by atoms with Crippen molar-refractivity contribution in [2.24, 2.45) is 5.73 Å². The van der Waals surface area contributed by atoms with Crippen molar-refractivity contribution < 1.29 is 0 Å². The first kappa shape index (κ1) is 14.4. The number of thiocarbonyl (C=S) groups is 1. The van der Waals surface area contributed by atoms with Gasteiger partial charge in [-0.2, -0.15) is 5.10 Å². The number of nitrogens with zero attached hydrogens (tertiary/aromatic N) is 2. The van der Waals surface area contributed by atoms with Gasteiger partial charge in [0.1, 0.15) is 4.99 Å². The first-order valence-electron chi connectivity index (χ1n) is 6.37. The number of para-hydroxylation sites is 1. The second kappa shape index (κ2) is 5.54. The molecule has 20 heavy (non-hydrogen) atoms. The largest absolute Gasteiger partial charge is 0.389 e. The van der Waals surface area contributed by atoms with Crippen LogP contribution in [0.2, 0.25) is 0 Å². The molecular formula is C15H18N4S. The lowest BCUT2D eigenvalue weighted by Gasteiger charge is -2.23. The van der Waals surface area contributed by atoms with Crippen LogP contribution in [-0.2, 0) is 5.41 Å². The Bertz CT molecular complexity index is 632. The van der Waals surface area contributed by atoms with Gasteiger partial charge >= 0.3 is 0 Å². The number of nitrogens with two attached hydrogens (primary N) is 1. The Kier molecular flexibility index (Phi) is 3.99. The Morgan fingerprint density at radius 2 is 1.90 bits per heavy atom. The Hall–Kier alpha value is -2.01. The first-order valence-corrected chi connectivity index (χ1v) is 6.78. The molecule has 5 heteroatoms. The summed E-state index contributed by atoms with van der Waals surface area (Å²) in [5.41, 5.74) is 8.61. The lowest BCUT2D eigenvalue weighted by Crippen LogP contribution is -2.16. The molecule has 0 amide bonds. The maximum Gasteiger partial charge on any atom is 0.163 e. The number of nitrogens with one attached hydrogen (secondary N) is 1. The van der Waals surface area contributed by atoms with Gasteiger partial charge in [0.25, 0.3) is 0 Å². The van der Waals surface area contributed by atoms with Crippen molar-refractivity contribution in [1.82, 2.24) is 10.2 Å². The van der Waals surface area contributed by atoms with Crippen LogP contribution in [0.15, 0.2) is 36.5 Å². The Balaban J connectivity index is 2.44. The number of benzene rings is 1. The van der Waals surface area contributed by atoms with Crippen LogP contribution < -0.4 is 11.1 Å². The quantitative estimate of drug-likeness (QED) is 0.849. The van der Waals surface area contributed by atoms with E-state index in [0.29, 0.717) is 16.4 Å². The second-order valence-corrected chi connectivity index (χ2v) is 6.02. The van der Waals surface area contributed by atoms with Crippen LogP contribution in [0, 0.1) is 0 Å². The number of anilines is 2. The minimum absolute atomic E-state index is 0.0230. The third-order valence-electron chi connectivity index (χ3n) is 2.97. The topological polar surface area (TPSA) is 63.8 Å². The van der Waals surface area contributed by atoms with E-state index < -0.39 is 0 Å². The van der Waals surface area contributed by atoms with Crippen LogP contribution in [0.3, 0.4) is 0 Å². The normalized spacial score (nSPS) is 11.2. The number of aromatic nitrogens is 2. The molecule has 2 rings (SSSR count). The van der Waals surface area contributed by atoms with Gasteiger partial charge in [0.05, 0.1) is 11.8 Å². The molecule has 0 unspecified atom stereocenters. The lowest BCUT2D eigenvalue weighted by molar-refractivity contribution is 0.592. The molecule has 0 bridgehead atoms. The van der Waals surface area contributed by atoms with Crippen LogP contribution >= 0.6 is 12.2 Å². The zero-order valence-corrected chi connectivity index (χ0v) is 12.7. The predicted molar refractivity (Wildman–Crippen MR) is 86.3 cm³/mol. The number of rotatable bonds is 3. The fourth-order valence-corrected chi connectivity index (χ4v) is 2.16. The molecule has 0 radical (unpaired) electrons. The van der Waals surface area contributed by atoms with Gasteiger partial charge in [0.2, 0.25) is 0 Å². The molecule has 104 valence electrons. The molecule has 0 aliphatic heterocycles. The molecule has 3 N–H and O–H groups in total. The van der Waals surface area contributed by atoms with Crippen molar-refractivity contribution in [1.29, 1.82) is 0 Å². The third kappa shape index (κ3) is 3.11. The fraction of sp³-hybridized carbons (Fsp3) is 0.267. The molecular weight excluding hydrogens is 268 g/mol. The highest BCUT2D eigenvalue weighted by Crippen LogP contribution is 2.31. The van der Waals surface area contributed by atoms with Crippen LogP contribution in [0.25, 0.3) is 0 Å². The molecule has 1 heterocycles. The maximum absolute atomic E-state index is 5.72. The van der Waals surface area contributed by atoms with E-state index in [0.717, 1.165) is 5.69 Å². The van der Waals surface area contributed by atoms with E-state index in [-0.39, 0.29) is 5.41 Å². The van der Waals surface area contributed by atoms with Gasteiger partial charge in [0, 0.05) is 5.69 Å². The molecule has 2 aromatic rings. The van der Waals surface area contributed by atoms with E-state index in [1.807, 2.05) is 18.2 Å². The molecule has 0 atom stereocenters. The highest BCUT2D eigenvalue weighted by atomic mass is 32.1. The van der Waals surface area contributed by atoms with E-state index in [1.165, 1.54) is 5.56 Å². The molecule has 4 nitrogen and oxygen atoms in total. The van der Waals surface area contributed by atoms with Gasteiger partial charge < -0.3 is 11.1 Å². The predicted octanol–water partition coefficient (Wildman–Crippen LogP) is 3.15. The lowest BCUT2D eigenvalue weighted by atomic mass is 9.86. The molecule has 0 saturated carbocycles. The summed E-state index contributed by atoms with van der Waals surface area (Å²) < 4.78 is 0. The zero-order valence-electron chi connectivity index (χ0n) is 11.8. The van der Waals surface area contributed by atoms with Crippen LogP contribution in [-0.4, -0.2) is 15.2 Å². The van der Waals surface area contributed by atoms with Gasteiger partial charge in [0.15, 0.2) is 5.82 Å². The van der Waals surface area contributed by atoms with Crippen molar-refractivity contribution in [3.8, 4) is 0 Å². The number of hydrogen-bond acceptors (Lipinski definition) is 4. The van der Waals surface area contributed by atoms with Crippen molar-refractivity contribution in [2.75, 3.05) is 5.32 Å². The van der Waals surface area contributed by atoms with Crippen molar-refractivity contribution in [3.05, 3.63) is 47.7 Å². The average Bonchev–Trinajstić information content (AvgIpc) is 2.38. The van der Waals surface area contributed by atoms with E-state index in [2.05, 4.69) is 42.4 Å². The molecule has 0 aliphatic carbocycles. The smallest absolute Gasteiger partial charge is 0.163 e. The van der Waals surface area contributed by atoms with Crippen LogP contribution in [0.1, 0.15) is 31.9 Å². The minimum Gasteiger partial charge on any atom is -0.389 e. The summed E-state index contributed by atoms with van der Waals surface area (Å²) in [4.78, 5) is 0.302. The van der Waals surface area contributed by atoms with Crippen LogP contribution in [0.5, 0.6) is 0 Å². The molecule has 1 aromatic carbocycles. The highest BCUT2D eigenvalue weighted by molar-refractivity contribution is 7.80. The van der Waals surface area contributed by atoms with Gasteiger partial charge in [-0.3, -0.25) is 0 Å².